The molecule has 0 radical (unpaired) electrons. The number of thioether (sulfide) groups is 1. The van der Waals surface area contributed by atoms with E-state index in [1.165, 1.54) is 16.7 Å². The number of nitrogens with zero attached hydrogens (tertiary/aromatic N) is 2. The standard InChI is InChI=1S/C23H30N2O4S.ClH/c1-15(2)24(3)13-17(26)14-25-19-7-5-6-8-20(19)30-22(21(27)23(25)28)16-9-11-18(29-4)12-10-16;/h5-12,15,17,21-22,26-27H,13-14H2,1-4H3;1H/t17?,21-,22+;/m0./s1. The van der Waals surface area contributed by atoms with Crippen LogP contribution < -0.4 is 9.64 Å². The zero-order valence-corrected chi connectivity index (χ0v) is 19.9. The Labute approximate surface area is 194 Å². The lowest BCUT2D eigenvalue weighted by Crippen LogP contribution is -2.47. The third kappa shape index (κ3) is 5.93. The highest BCUT2D eigenvalue weighted by Crippen LogP contribution is 2.45. The van der Waals surface area contributed by atoms with E-state index < -0.39 is 23.4 Å². The van der Waals surface area contributed by atoms with Crippen LogP contribution in [0.25, 0.3) is 0 Å². The number of amides is 1. The Morgan fingerprint density at radius 1 is 1.16 bits per heavy atom. The van der Waals surface area contributed by atoms with Crippen LogP contribution in [0, 0.1) is 0 Å². The van der Waals surface area contributed by atoms with Gasteiger partial charge in [-0.2, -0.15) is 0 Å². The van der Waals surface area contributed by atoms with Crippen molar-refractivity contribution in [3.05, 3.63) is 54.1 Å². The lowest BCUT2D eigenvalue weighted by atomic mass is 10.1. The number of anilines is 1. The van der Waals surface area contributed by atoms with Crippen molar-refractivity contribution in [1.82, 2.24) is 4.90 Å². The predicted octanol–water partition coefficient (Wildman–Crippen LogP) is 3.36. The molecule has 0 aliphatic carbocycles. The number of aliphatic hydroxyl groups is 2. The molecule has 8 heteroatoms. The number of para-hydroxylation sites is 1. The largest absolute Gasteiger partial charge is 0.497 e. The number of methoxy groups -OCH3 is 1. The van der Waals surface area contributed by atoms with Crippen molar-refractivity contribution in [2.75, 3.05) is 32.1 Å². The fourth-order valence-corrected chi connectivity index (χ4v) is 4.70. The third-order valence-electron chi connectivity index (χ3n) is 5.43. The zero-order chi connectivity index (χ0) is 21.8. The Hall–Kier alpha value is -1.77. The number of fused-ring (bicyclic) bond motifs is 1. The number of carbonyl (C=O) groups excluding carboxylic acids is 1. The molecule has 31 heavy (non-hydrogen) atoms. The Kier molecular flexibility index (Phi) is 9.21. The molecule has 170 valence electrons. The maximum atomic E-state index is 13.3. The second-order valence-corrected chi connectivity index (χ2v) is 9.04. The molecule has 2 aromatic rings. The van der Waals surface area contributed by atoms with Gasteiger partial charge in [0.1, 0.15) is 11.9 Å². The average Bonchev–Trinajstić information content (AvgIpc) is 2.84. The minimum absolute atomic E-state index is 0. The average molecular weight is 467 g/mol. The van der Waals surface area contributed by atoms with Gasteiger partial charge in [-0.05, 0) is 50.7 Å². The van der Waals surface area contributed by atoms with E-state index in [1.54, 1.807) is 7.11 Å². The lowest BCUT2D eigenvalue weighted by Gasteiger charge is -2.30. The molecule has 1 amide bonds. The molecule has 0 fully saturated rings. The molecule has 0 saturated carbocycles. The number of hydrogen-bond donors (Lipinski definition) is 2. The van der Waals surface area contributed by atoms with Gasteiger partial charge in [-0.25, -0.2) is 0 Å². The van der Waals surface area contributed by atoms with Gasteiger partial charge in [0.15, 0.2) is 0 Å². The van der Waals surface area contributed by atoms with Crippen molar-refractivity contribution >= 4 is 35.8 Å². The highest BCUT2D eigenvalue weighted by Gasteiger charge is 2.38. The number of ether oxygens (including phenoxy) is 1. The first-order chi connectivity index (χ1) is 14.3. The highest BCUT2D eigenvalue weighted by atomic mass is 35.5. The number of benzene rings is 2. The fourth-order valence-electron chi connectivity index (χ4n) is 3.43. The minimum atomic E-state index is -1.23. The second-order valence-electron chi connectivity index (χ2n) is 7.86. The van der Waals surface area contributed by atoms with Gasteiger partial charge >= 0.3 is 0 Å². The molecule has 1 aliphatic rings. The third-order valence-corrected chi connectivity index (χ3v) is 6.82. The van der Waals surface area contributed by atoms with Gasteiger partial charge in [-0.1, -0.05) is 24.3 Å². The predicted molar refractivity (Wildman–Crippen MR) is 127 cm³/mol. The summed E-state index contributed by atoms with van der Waals surface area (Å²) >= 11 is 1.46. The number of likely N-dealkylation sites (N-methyl/N-ethyl adjacent to an activating group) is 1. The molecule has 2 N–H and O–H groups in total. The first-order valence-electron chi connectivity index (χ1n) is 10.1. The van der Waals surface area contributed by atoms with E-state index >= 15 is 0 Å². The summed E-state index contributed by atoms with van der Waals surface area (Å²) in [6, 6.07) is 15.3. The van der Waals surface area contributed by atoms with Crippen LogP contribution in [0.1, 0.15) is 24.7 Å². The molecule has 6 nitrogen and oxygen atoms in total. The number of rotatable bonds is 7. The molecule has 0 spiro atoms. The Bertz CT molecular complexity index is 865. The van der Waals surface area contributed by atoms with Gasteiger partial charge < -0.3 is 24.7 Å². The van der Waals surface area contributed by atoms with Gasteiger partial charge in [0.25, 0.3) is 5.91 Å². The summed E-state index contributed by atoms with van der Waals surface area (Å²) in [5.74, 6) is 0.317. The number of hydrogen-bond acceptors (Lipinski definition) is 6. The summed E-state index contributed by atoms with van der Waals surface area (Å²) in [5.41, 5.74) is 1.56. The van der Waals surface area contributed by atoms with E-state index in [1.807, 2.05) is 60.5 Å². The number of β-amino-alcohol motifs (C(OH)–C–C–N with tert-alkyl or cyclic N) is 1. The van der Waals surface area contributed by atoms with Gasteiger partial charge in [0.2, 0.25) is 0 Å². The maximum Gasteiger partial charge on any atom is 0.257 e. The number of carbonyl (C=O) groups is 1. The maximum absolute atomic E-state index is 13.3. The molecule has 2 aromatic carbocycles. The molecule has 1 aliphatic heterocycles. The molecule has 3 atom stereocenters. The first-order valence-corrected chi connectivity index (χ1v) is 11.0. The molecule has 3 rings (SSSR count). The molecule has 0 saturated heterocycles. The summed E-state index contributed by atoms with van der Waals surface area (Å²) < 4.78 is 5.22. The molecule has 1 heterocycles. The Morgan fingerprint density at radius 3 is 2.42 bits per heavy atom. The lowest BCUT2D eigenvalue weighted by molar-refractivity contribution is -0.127. The van der Waals surface area contributed by atoms with E-state index in [2.05, 4.69) is 13.8 Å². The number of aliphatic hydroxyl groups excluding tert-OH is 2. The molecular formula is C23H31ClN2O4S. The summed E-state index contributed by atoms with van der Waals surface area (Å²) in [6.07, 6.45) is -1.96. The summed E-state index contributed by atoms with van der Waals surface area (Å²) in [5, 5.41) is 21.2. The first kappa shape index (κ1) is 25.5. The Balaban J connectivity index is 0.00000341. The van der Waals surface area contributed by atoms with Crippen LogP contribution in [0.5, 0.6) is 5.75 Å². The van der Waals surface area contributed by atoms with Crippen molar-refractivity contribution in [2.24, 2.45) is 0 Å². The SMILES string of the molecule is COc1ccc([C@H]2Sc3ccccc3N(CC(O)CN(C)C(C)C)C(=O)[C@H]2O)cc1.Cl. The van der Waals surface area contributed by atoms with E-state index in [0.717, 1.165) is 16.2 Å². The topological polar surface area (TPSA) is 73.2 Å². The van der Waals surface area contributed by atoms with Crippen LogP contribution in [0.3, 0.4) is 0 Å². The highest BCUT2D eigenvalue weighted by molar-refractivity contribution is 7.99. The van der Waals surface area contributed by atoms with Gasteiger partial charge in [-0.3, -0.25) is 4.79 Å². The molecular weight excluding hydrogens is 436 g/mol. The smallest absolute Gasteiger partial charge is 0.257 e. The van der Waals surface area contributed by atoms with Crippen molar-refractivity contribution in [2.45, 2.75) is 42.2 Å². The zero-order valence-electron chi connectivity index (χ0n) is 18.3. The van der Waals surface area contributed by atoms with E-state index in [-0.39, 0.29) is 25.0 Å². The monoisotopic (exact) mass is 466 g/mol. The minimum Gasteiger partial charge on any atom is -0.497 e. The summed E-state index contributed by atoms with van der Waals surface area (Å²) in [7, 11) is 3.54. The van der Waals surface area contributed by atoms with Gasteiger partial charge in [0, 0.05) is 17.5 Å². The van der Waals surface area contributed by atoms with Crippen LogP contribution >= 0.6 is 24.2 Å². The summed E-state index contributed by atoms with van der Waals surface area (Å²) in [4.78, 5) is 17.7. The molecule has 0 aromatic heterocycles. The van der Waals surface area contributed by atoms with Crippen molar-refractivity contribution in [3.63, 3.8) is 0 Å². The van der Waals surface area contributed by atoms with Crippen molar-refractivity contribution in [3.8, 4) is 5.75 Å². The Morgan fingerprint density at radius 2 is 1.81 bits per heavy atom. The number of halogens is 1. The molecule has 0 bridgehead atoms. The van der Waals surface area contributed by atoms with Crippen molar-refractivity contribution in [1.29, 1.82) is 0 Å². The quantitative estimate of drug-likeness (QED) is 0.651. The van der Waals surface area contributed by atoms with Crippen molar-refractivity contribution < 1.29 is 19.7 Å². The van der Waals surface area contributed by atoms with Crippen LogP contribution in [0.4, 0.5) is 5.69 Å². The van der Waals surface area contributed by atoms with Crippen LogP contribution in [0.2, 0.25) is 0 Å². The second kappa shape index (κ2) is 11.2. The fraction of sp³-hybridized carbons (Fsp3) is 0.435. The van der Waals surface area contributed by atoms with E-state index in [4.69, 9.17) is 4.74 Å². The van der Waals surface area contributed by atoms with Crippen LogP contribution in [0.15, 0.2) is 53.4 Å². The van der Waals surface area contributed by atoms with Gasteiger partial charge in [0.05, 0.1) is 30.7 Å². The molecule has 1 unspecified atom stereocenters. The summed E-state index contributed by atoms with van der Waals surface area (Å²) in [6.45, 7) is 4.67. The van der Waals surface area contributed by atoms with Crippen LogP contribution in [-0.4, -0.2) is 66.5 Å². The van der Waals surface area contributed by atoms with Crippen LogP contribution in [-0.2, 0) is 4.79 Å². The normalized spacial score (nSPS) is 19.6. The van der Waals surface area contributed by atoms with E-state index in [9.17, 15) is 15.0 Å². The van der Waals surface area contributed by atoms with E-state index in [0.29, 0.717) is 12.2 Å². The van der Waals surface area contributed by atoms with Gasteiger partial charge in [-0.15, -0.1) is 24.2 Å².